The van der Waals surface area contributed by atoms with E-state index in [-0.39, 0.29) is 17.8 Å². The molecule has 0 bridgehead atoms. The SMILES string of the molecule is O=C(CSc1ccc(F)cc1)N(CCc1cccs1)C1CCOCC1. The van der Waals surface area contributed by atoms with Gasteiger partial charge in [-0.2, -0.15) is 0 Å². The van der Waals surface area contributed by atoms with Crippen molar-refractivity contribution in [1.82, 2.24) is 4.90 Å². The molecule has 25 heavy (non-hydrogen) atoms. The zero-order chi connectivity index (χ0) is 17.5. The number of benzene rings is 1. The highest BCUT2D eigenvalue weighted by Gasteiger charge is 2.25. The van der Waals surface area contributed by atoms with E-state index in [1.807, 2.05) is 11.0 Å². The molecule has 1 saturated heterocycles. The van der Waals surface area contributed by atoms with E-state index >= 15 is 0 Å². The van der Waals surface area contributed by atoms with Crippen molar-refractivity contribution in [2.75, 3.05) is 25.5 Å². The first-order valence-electron chi connectivity index (χ1n) is 8.50. The maximum Gasteiger partial charge on any atom is 0.233 e. The topological polar surface area (TPSA) is 29.5 Å². The van der Waals surface area contributed by atoms with Crippen LogP contribution in [0.5, 0.6) is 0 Å². The van der Waals surface area contributed by atoms with Crippen molar-refractivity contribution in [1.29, 1.82) is 0 Å². The Labute approximate surface area is 156 Å². The lowest BCUT2D eigenvalue weighted by molar-refractivity contribution is -0.132. The summed E-state index contributed by atoms with van der Waals surface area (Å²) in [5.41, 5.74) is 0. The minimum Gasteiger partial charge on any atom is -0.381 e. The molecule has 3 rings (SSSR count). The average molecular weight is 380 g/mol. The Morgan fingerprint density at radius 3 is 2.68 bits per heavy atom. The molecule has 3 nitrogen and oxygen atoms in total. The van der Waals surface area contributed by atoms with Gasteiger partial charge in [0.2, 0.25) is 5.91 Å². The van der Waals surface area contributed by atoms with E-state index in [4.69, 9.17) is 4.74 Å². The third kappa shape index (κ3) is 5.56. The average Bonchev–Trinajstić information content (AvgIpc) is 3.16. The van der Waals surface area contributed by atoms with E-state index in [1.54, 1.807) is 23.5 Å². The normalized spacial score (nSPS) is 15.2. The summed E-state index contributed by atoms with van der Waals surface area (Å²) in [5, 5.41) is 2.07. The molecule has 0 saturated carbocycles. The van der Waals surface area contributed by atoms with Crippen LogP contribution in [0.15, 0.2) is 46.7 Å². The third-order valence-electron chi connectivity index (χ3n) is 4.31. The number of thioether (sulfide) groups is 1. The van der Waals surface area contributed by atoms with E-state index < -0.39 is 0 Å². The summed E-state index contributed by atoms with van der Waals surface area (Å²) in [6.07, 6.45) is 2.69. The number of amides is 1. The smallest absolute Gasteiger partial charge is 0.233 e. The molecular formula is C19H22FNO2S2. The number of halogens is 1. The highest BCUT2D eigenvalue weighted by Crippen LogP contribution is 2.22. The highest BCUT2D eigenvalue weighted by molar-refractivity contribution is 8.00. The number of thiophene rings is 1. The summed E-state index contributed by atoms with van der Waals surface area (Å²) in [6.45, 7) is 2.19. The molecule has 0 N–H and O–H groups in total. The summed E-state index contributed by atoms with van der Waals surface area (Å²) in [6, 6.07) is 10.7. The zero-order valence-corrected chi connectivity index (χ0v) is 15.7. The van der Waals surface area contributed by atoms with Gasteiger partial charge in [-0.15, -0.1) is 23.1 Å². The fourth-order valence-corrected chi connectivity index (χ4v) is 4.43. The van der Waals surface area contributed by atoms with Gasteiger partial charge in [-0.3, -0.25) is 4.79 Å². The highest BCUT2D eigenvalue weighted by atomic mass is 32.2. The summed E-state index contributed by atoms with van der Waals surface area (Å²) < 4.78 is 18.4. The fourth-order valence-electron chi connectivity index (χ4n) is 2.95. The third-order valence-corrected chi connectivity index (χ3v) is 6.24. The van der Waals surface area contributed by atoms with Crippen molar-refractivity contribution in [3.8, 4) is 0 Å². The van der Waals surface area contributed by atoms with Gasteiger partial charge in [0.1, 0.15) is 5.82 Å². The molecule has 2 heterocycles. The molecule has 0 unspecified atom stereocenters. The van der Waals surface area contributed by atoms with Crippen LogP contribution < -0.4 is 0 Å². The van der Waals surface area contributed by atoms with Crippen LogP contribution in [-0.4, -0.2) is 42.4 Å². The first-order valence-corrected chi connectivity index (χ1v) is 10.4. The van der Waals surface area contributed by atoms with Crippen molar-refractivity contribution in [3.05, 3.63) is 52.5 Å². The summed E-state index contributed by atoms with van der Waals surface area (Å²) in [5.74, 6) is 0.279. The van der Waals surface area contributed by atoms with E-state index in [0.717, 1.165) is 43.9 Å². The Hall–Kier alpha value is -1.37. The molecule has 1 aromatic carbocycles. The first-order chi connectivity index (χ1) is 12.2. The number of nitrogens with zero attached hydrogens (tertiary/aromatic N) is 1. The van der Waals surface area contributed by atoms with Crippen LogP contribution in [-0.2, 0) is 16.0 Å². The molecule has 1 fully saturated rings. The van der Waals surface area contributed by atoms with Gasteiger partial charge in [-0.25, -0.2) is 4.39 Å². The summed E-state index contributed by atoms with van der Waals surface area (Å²) in [7, 11) is 0. The maximum atomic E-state index is 13.0. The van der Waals surface area contributed by atoms with Gasteiger partial charge in [0.05, 0.1) is 5.75 Å². The number of hydrogen-bond acceptors (Lipinski definition) is 4. The molecule has 0 spiro atoms. The second kappa shape index (κ2) is 9.36. The Kier molecular flexibility index (Phi) is 6.90. The Morgan fingerprint density at radius 1 is 1.24 bits per heavy atom. The van der Waals surface area contributed by atoms with E-state index in [0.29, 0.717) is 5.75 Å². The van der Waals surface area contributed by atoms with Gasteiger partial charge in [-0.1, -0.05) is 6.07 Å². The van der Waals surface area contributed by atoms with Crippen molar-refractivity contribution in [3.63, 3.8) is 0 Å². The van der Waals surface area contributed by atoms with Crippen LogP contribution in [0.1, 0.15) is 17.7 Å². The van der Waals surface area contributed by atoms with Gasteiger partial charge in [-0.05, 0) is 55.0 Å². The Balaban J connectivity index is 1.59. The largest absolute Gasteiger partial charge is 0.381 e. The van der Waals surface area contributed by atoms with Crippen molar-refractivity contribution < 1.29 is 13.9 Å². The Morgan fingerprint density at radius 2 is 2.00 bits per heavy atom. The molecule has 1 aliphatic rings. The monoisotopic (exact) mass is 379 g/mol. The predicted molar refractivity (Wildman–Crippen MR) is 101 cm³/mol. The Bertz CT molecular complexity index is 655. The van der Waals surface area contributed by atoms with Gasteiger partial charge in [0.15, 0.2) is 0 Å². The van der Waals surface area contributed by atoms with Crippen molar-refractivity contribution >= 4 is 29.0 Å². The van der Waals surface area contributed by atoms with Crippen LogP contribution in [0.25, 0.3) is 0 Å². The van der Waals surface area contributed by atoms with Crippen molar-refractivity contribution in [2.24, 2.45) is 0 Å². The first kappa shape index (κ1) is 18.4. The molecule has 6 heteroatoms. The second-order valence-electron chi connectivity index (χ2n) is 6.00. The fraction of sp³-hybridized carbons (Fsp3) is 0.421. The number of rotatable bonds is 7. The summed E-state index contributed by atoms with van der Waals surface area (Å²) >= 11 is 3.20. The maximum absolute atomic E-state index is 13.0. The van der Waals surface area contributed by atoms with Gasteiger partial charge in [0, 0.05) is 35.6 Å². The number of carbonyl (C=O) groups excluding carboxylic acids is 1. The number of hydrogen-bond donors (Lipinski definition) is 0. The molecule has 2 aromatic rings. The molecule has 1 aliphatic heterocycles. The minimum absolute atomic E-state index is 0.151. The van der Waals surface area contributed by atoms with Gasteiger partial charge in [0.25, 0.3) is 0 Å². The van der Waals surface area contributed by atoms with Gasteiger partial charge < -0.3 is 9.64 Å². The number of ether oxygens (including phenoxy) is 1. The van der Waals surface area contributed by atoms with E-state index in [1.165, 1.54) is 28.8 Å². The van der Waals surface area contributed by atoms with Crippen molar-refractivity contribution in [2.45, 2.75) is 30.2 Å². The minimum atomic E-state index is -0.254. The number of carbonyl (C=O) groups is 1. The standard InChI is InChI=1S/C19H22FNO2S2/c20-15-3-5-18(6-4-15)25-14-19(22)21(16-8-11-23-12-9-16)10-7-17-2-1-13-24-17/h1-6,13,16H,7-12,14H2. The molecule has 1 amide bonds. The lowest BCUT2D eigenvalue weighted by Crippen LogP contribution is -2.45. The molecule has 0 aliphatic carbocycles. The molecule has 134 valence electrons. The van der Waals surface area contributed by atoms with Gasteiger partial charge >= 0.3 is 0 Å². The van der Waals surface area contributed by atoms with E-state index in [2.05, 4.69) is 11.4 Å². The molecule has 0 atom stereocenters. The zero-order valence-electron chi connectivity index (χ0n) is 14.0. The van der Waals surface area contributed by atoms with Crippen LogP contribution >= 0.6 is 23.1 Å². The van der Waals surface area contributed by atoms with Crippen LogP contribution in [0.2, 0.25) is 0 Å². The van der Waals surface area contributed by atoms with Crippen LogP contribution in [0.4, 0.5) is 4.39 Å². The summed E-state index contributed by atoms with van der Waals surface area (Å²) in [4.78, 5) is 17.1. The molecular weight excluding hydrogens is 357 g/mol. The molecule has 1 aromatic heterocycles. The molecule has 0 radical (unpaired) electrons. The van der Waals surface area contributed by atoms with Crippen LogP contribution in [0.3, 0.4) is 0 Å². The predicted octanol–water partition coefficient (Wildman–Crippen LogP) is 4.23. The van der Waals surface area contributed by atoms with E-state index in [9.17, 15) is 9.18 Å². The van der Waals surface area contributed by atoms with Crippen LogP contribution in [0, 0.1) is 5.82 Å². The lowest BCUT2D eigenvalue weighted by atomic mass is 10.1. The second-order valence-corrected chi connectivity index (χ2v) is 8.08. The lowest BCUT2D eigenvalue weighted by Gasteiger charge is -2.34. The quantitative estimate of drug-likeness (QED) is 0.674.